The van der Waals surface area contributed by atoms with Crippen molar-refractivity contribution in [2.24, 2.45) is 11.7 Å². The Morgan fingerprint density at radius 3 is 2.76 bits per heavy atom. The molecule has 92 valence electrons. The Bertz CT molecular complexity index is 402. The summed E-state index contributed by atoms with van der Waals surface area (Å²) in [6.07, 6.45) is 2.54. The molecular weight excluding hydrogens is 282 g/mol. The average Bonchev–Trinajstić information content (AvgIpc) is 2.29. The van der Waals surface area contributed by atoms with Crippen LogP contribution in [-0.4, -0.2) is 24.0 Å². The fourth-order valence-corrected chi connectivity index (χ4v) is 2.56. The van der Waals surface area contributed by atoms with Crippen molar-refractivity contribution in [3.8, 4) is 0 Å². The summed E-state index contributed by atoms with van der Waals surface area (Å²) in [5.74, 6) is 1.25. The van der Waals surface area contributed by atoms with Crippen LogP contribution in [0.3, 0.4) is 0 Å². The molecule has 1 aliphatic heterocycles. The van der Waals surface area contributed by atoms with Crippen LogP contribution in [-0.2, 0) is 4.79 Å². The predicted molar refractivity (Wildman–Crippen MR) is 70.7 cm³/mol. The molecule has 2 heterocycles. The second-order valence-corrected chi connectivity index (χ2v) is 5.23. The Labute approximate surface area is 109 Å². The number of carbonyl (C=O) groups excluding carboxylic acids is 1. The number of anilines is 1. The number of hydrogen-bond acceptors (Lipinski definition) is 3. The van der Waals surface area contributed by atoms with Gasteiger partial charge in [0.2, 0.25) is 5.91 Å². The number of nitrogens with zero attached hydrogens (tertiary/aromatic N) is 2. The molecule has 1 amide bonds. The lowest BCUT2D eigenvalue weighted by molar-refractivity contribution is -0.119. The van der Waals surface area contributed by atoms with Crippen LogP contribution in [0, 0.1) is 5.92 Å². The summed E-state index contributed by atoms with van der Waals surface area (Å²) in [4.78, 5) is 17.5. The van der Waals surface area contributed by atoms with E-state index in [1.165, 1.54) is 0 Å². The lowest BCUT2D eigenvalue weighted by atomic mass is 9.93. The zero-order chi connectivity index (χ0) is 12.3. The topological polar surface area (TPSA) is 59.2 Å². The highest BCUT2D eigenvalue weighted by atomic mass is 79.9. The third-order valence-electron chi connectivity index (χ3n) is 3.13. The number of halogens is 1. The van der Waals surface area contributed by atoms with E-state index in [2.05, 4.69) is 25.8 Å². The molecular formula is C12H16BrN3O. The maximum Gasteiger partial charge on any atom is 0.217 e. The summed E-state index contributed by atoms with van der Waals surface area (Å²) in [5.41, 5.74) is 5.22. The molecule has 0 saturated carbocycles. The molecule has 0 aliphatic carbocycles. The molecule has 1 aromatic rings. The Kier molecular flexibility index (Phi) is 3.99. The molecule has 1 saturated heterocycles. The molecule has 1 aromatic heterocycles. The van der Waals surface area contributed by atoms with Crippen LogP contribution in [0.5, 0.6) is 0 Å². The molecule has 0 atom stereocenters. The quantitative estimate of drug-likeness (QED) is 0.868. The first-order chi connectivity index (χ1) is 8.15. The van der Waals surface area contributed by atoms with E-state index in [0.29, 0.717) is 12.3 Å². The van der Waals surface area contributed by atoms with Crippen molar-refractivity contribution in [2.75, 3.05) is 18.0 Å². The normalized spacial score (nSPS) is 17.1. The predicted octanol–water partition coefficient (Wildman–Crippen LogP) is 1.94. The third kappa shape index (κ3) is 3.43. The summed E-state index contributed by atoms with van der Waals surface area (Å²) in [7, 11) is 0. The van der Waals surface area contributed by atoms with Gasteiger partial charge in [-0.1, -0.05) is 6.07 Å². The second kappa shape index (κ2) is 5.49. The summed E-state index contributed by atoms with van der Waals surface area (Å²) >= 11 is 3.37. The number of pyridine rings is 1. The molecule has 2 rings (SSSR count). The summed E-state index contributed by atoms with van der Waals surface area (Å²) in [5, 5.41) is 0. The van der Waals surface area contributed by atoms with E-state index in [1.54, 1.807) is 0 Å². The van der Waals surface area contributed by atoms with Crippen molar-refractivity contribution in [3.05, 3.63) is 22.8 Å². The second-order valence-electron chi connectivity index (χ2n) is 4.42. The van der Waals surface area contributed by atoms with Gasteiger partial charge in [-0.3, -0.25) is 4.79 Å². The first kappa shape index (κ1) is 12.4. The number of rotatable bonds is 3. The molecule has 0 aromatic carbocycles. The Morgan fingerprint density at radius 1 is 1.47 bits per heavy atom. The summed E-state index contributed by atoms with van der Waals surface area (Å²) in [6.45, 7) is 1.89. The first-order valence-electron chi connectivity index (χ1n) is 5.81. The van der Waals surface area contributed by atoms with Crippen molar-refractivity contribution in [3.63, 3.8) is 0 Å². The van der Waals surface area contributed by atoms with Gasteiger partial charge in [-0.2, -0.15) is 0 Å². The van der Waals surface area contributed by atoms with Crippen LogP contribution in [0.25, 0.3) is 0 Å². The van der Waals surface area contributed by atoms with E-state index in [4.69, 9.17) is 5.73 Å². The van der Waals surface area contributed by atoms with Crippen molar-refractivity contribution in [1.82, 2.24) is 4.98 Å². The van der Waals surface area contributed by atoms with E-state index in [1.807, 2.05) is 18.2 Å². The van der Waals surface area contributed by atoms with E-state index in [0.717, 1.165) is 36.4 Å². The minimum Gasteiger partial charge on any atom is -0.370 e. The zero-order valence-corrected chi connectivity index (χ0v) is 11.2. The number of amides is 1. The molecule has 17 heavy (non-hydrogen) atoms. The fraction of sp³-hybridized carbons (Fsp3) is 0.500. The van der Waals surface area contributed by atoms with Gasteiger partial charge in [0.25, 0.3) is 0 Å². The Balaban J connectivity index is 1.93. The average molecular weight is 298 g/mol. The van der Waals surface area contributed by atoms with Crippen LogP contribution < -0.4 is 10.6 Å². The molecule has 2 N–H and O–H groups in total. The van der Waals surface area contributed by atoms with Crippen molar-refractivity contribution in [1.29, 1.82) is 0 Å². The molecule has 0 spiro atoms. The van der Waals surface area contributed by atoms with E-state index >= 15 is 0 Å². The fourth-order valence-electron chi connectivity index (χ4n) is 2.22. The van der Waals surface area contributed by atoms with Crippen molar-refractivity contribution in [2.45, 2.75) is 19.3 Å². The summed E-state index contributed by atoms with van der Waals surface area (Å²) < 4.78 is 0.856. The van der Waals surface area contributed by atoms with Gasteiger partial charge in [0.05, 0.1) is 0 Å². The lowest BCUT2D eigenvalue weighted by Crippen LogP contribution is -2.35. The van der Waals surface area contributed by atoms with Crippen LogP contribution in [0.15, 0.2) is 22.8 Å². The van der Waals surface area contributed by atoms with Crippen LogP contribution in [0.4, 0.5) is 5.82 Å². The molecule has 4 nitrogen and oxygen atoms in total. The monoisotopic (exact) mass is 297 g/mol. The first-order valence-corrected chi connectivity index (χ1v) is 6.60. The standard InChI is InChI=1S/C12H16BrN3O/c13-10-2-1-3-12(15-10)16-6-4-9(5-7-16)8-11(14)17/h1-3,9H,4-8H2,(H2,14,17). The highest BCUT2D eigenvalue weighted by Gasteiger charge is 2.21. The number of hydrogen-bond donors (Lipinski definition) is 1. The van der Waals surface area contributed by atoms with Gasteiger partial charge in [-0.05, 0) is 46.8 Å². The van der Waals surface area contributed by atoms with Gasteiger partial charge in [0, 0.05) is 19.5 Å². The van der Waals surface area contributed by atoms with Gasteiger partial charge in [0.15, 0.2) is 0 Å². The zero-order valence-electron chi connectivity index (χ0n) is 9.60. The summed E-state index contributed by atoms with van der Waals surface area (Å²) in [6, 6.07) is 5.92. The van der Waals surface area contributed by atoms with Crippen molar-refractivity contribution < 1.29 is 4.79 Å². The number of aromatic nitrogens is 1. The molecule has 1 fully saturated rings. The highest BCUT2D eigenvalue weighted by Crippen LogP contribution is 2.24. The Morgan fingerprint density at radius 2 is 2.18 bits per heavy atom. The smallest absolute Gasteiger partial charge is 0.217 e. The van der Waals surface area contributed by atoms with Gasteiger partial charge in [-0.25, -0.2) is 4.98 Å². The maximum absolute atomic E-state index is 10.9. The minimum absolute atomic E-state index is 0.191. The number of piperidine rings is 1. The number of primary amides is 1. The van der Waals surface area contributed by atoms with Crippen LogP contribution in [0.2, 0.25) is 0 Å². The van der Waals surface area contributed by atoms with Crippen molar-refractivity contribution >= 4 is 27.7 Å². The van der Waals surface area contributed by atoms with Crippen LogP contribution >= 0.6 is 15.9 Å². The van der Waals surface area contributed by atoms with Crippen LogP contribution in [0.1, 0.15) is 19.3 Å². The SMILES string of the molecule is NC(=O)CC1CCN(c2cccc(Br)n2)CC1. The van der Waals surface area contributed by atoms with Gasteiger partial charge in [0.1, 0.15) is 10.4 Å². The molecule has 0 radical (unpaired) electrons. The maximum atomic E-state index is 10.9. The van der Waals surface area contributed by atoms with Gasteiger partial charge < -0.3 is 10.6 Å². The molecule has 0 bridgehead atoms. The van der Waals surface area contributed by atoms with E-state index < -0.39 is 0 Å². The largest absolute Gasteiger partial charge is 0.370 e. The lowest BCUT2D eigenvalue weighted by Gasteiger charge is -2.32. The minimum atomic E-state index is -0.191. The Hall–Kier alpha value is -1.10. The molecule has 1 aliphatic rings. The third-order valence-corrected chi connectivity index (χ3v) is 3.57. The number of carbonyl (C=O) groups is 1. The van der Waals surface area contributed by atoms with Gasteiger partial charge >= 0.3 is 0 Å². The van der Waals surface area contributed by atoms with Gasteiger partial charge in [-0.15, -0.1) is 0 Å². The number of nitrogens with two attached hydrogens (primary N) is 1. The molecule has 0 unspecified atom stereocenters. The van der Waals surface area contributed by atoms with E-state index in [-0.39, 0.29) is 5.91 Å². The van der Waals surface area contributed by atoms with E-state index in [9.17, 15) is 4.79 Å². The molecule has 5 heteroatoms. The highest BCUT2D eigenvalue weighted by molar-refractivity contribution is 9.10.